The Bertz CT molecular complexity index is 748. The van der Waals surface area contributed by atoms with Crippen molar-refractivity contribution in [3.63, 3.8) is 0 Å². The first-order valence-electron chi connectivity index (χ1n) is 10.7. The van der Waals surface area contributed by atoms with Crippen LogP contribution in [0.5, 0.6) is 0 Å². The largest absolute Gasteiger partial charge is 0.355 e. The van der Waals surface area contributed by atoms with Crippen LogP contribution in [0.25, 0.3) is 0 Å². The van der Waals surface area contributed by atoms with Crippen molar-refractivity contribution in [3.05, 3.63) is 18.5 Å². The molecule has 2 aliphatic carbocycles. The molecular weight excluding hydrogens is 354 g/mol. The first-order valence-corrected chi connectivity index (χ1v) is 10.7. The van der Waals surface area contributed by atoms with E-state index in [0.717, 1.165) is 45.3 Å². The molecular formula is C21H29N5O2. The van der Waals surface area contributed by atoms with Gasteiger partial charge in [-0.3, -0.25) is 9.59 Å². The molecule has 0 radical (unpaired) electrons. The highest BCUT2D eigenvalue weighted by atomic mass is 16.2. The van der Waals surface area contributed by atoms with Crippen LogP contribution < -0.4 is 10.2 Å². The van der Waals surface area contributed by atoms with E-state index in [-0.39, 0.29) is 17.7 Å². The SMILES string of the molecule is O=C(C1CC1)N1CCC[C@]2(C(=O)NCC3CC3)CN(c3ncccn3)C[C@@H]2C1. The van der Waals surface area contributed by atoms with Gasteiger partial charge in [-0.1, -0.05) is 0 Å². The minimum atomic E-state index is -0.452. The molecule has 1 aromatic heterocycles. The van der Waals surface area contributed by atoms with Gasteiger partial charge in [0.2, 0.25) is 17.8 Å². The van der Waals surface area contributed by atoms with Crippen LogP contribution in [-0.4, -0.2) is 59.4 Å². The van der Waals surface area contributed by atoms with E-state index in [4.69, 9.17) is 0 Å². The lowest BCUT2D eigenvalue weighted by molar-refractivity contribution is -0.136. The van der Waals surface area contributed by atoms with Gasteiger partial charge in [0.15, 0.2) is 0 Å². The van der Waals surface area contributed by atoms with Crippen molar-refractivity contribution in [1.82, 2.24) is 20.2 Å². The first kappa shape index (κ1) is 17.9. The van der Waals surface area contributed by atoms with Gasteiger partial charge in [-0.2, -0.15) is 0 Å². The summed E-state index contributed by atoms with van der Waals surface area (Å²) in [5.74, 6) is 2.16. The van der Waals surface area contributed by atoms with E-state index in [1.54, 1.807) is 12.4 Å². The van der Waals surface area contributed by atoms with E-state index in [2.05, 4.69) is 20.2 Å². The number of fused-ring (bicyclic) bond motifs is 1. The number of hydrogen-bond donors (Lipinski definition) is 1. The summed E-state index contributed by atoms with van der Waals surface area (Å²) in [6.07, 6.45) is 9.71. The lowest BCUT2D eigenvalue weighted by Gasteiger charge is -2.32. The Labute approximate surface area is 165 Å². The number of carbonyl (C=O) groups excluding carboxylic acids is 2. The topological polar surface area (TPSA) is 78.4 Å². The van der Waals surface area contributed by atoms with Crippen molar-refractivity contribution in [1.29, 1.82) is 0 Å². The Morgan fingerprint density at radius 2 is 1.93 bits per heavy atom. The van der Waals surface area contributed by atoms with Crippen molar-refractivity contribution in [2.45, 2.75) is 38.5 Å². The smallest absolute Gasteiger partial charge is 0.228 e. The van der Waals surface area contributed by atoms with Gasteiger partial charge in [0.05, 0.1) is 5.41 Å². The summed E-state index contributed by atoms with van der Waals surface area (Å²) in [6.45, 7) is 3.62. The van der Waals surface area contributed by atoms with Crippen molar-refractivity contribution < 1.29 is 9.59 Å². The average Bonchev–Trinajstić information content (AvgIpc) is 3.63. The molecule has 3 heterocycles. The summed E-state index contributed by atoms with van der Waals surface area (Å²) in [7, 11) is 0. The molecule has 28 heavy (non-hydrogen) atoms. The summed E-state index contributed by atoms with van der Waals surface area (Å²) >= 11 is 0. The molecule has 0 unspecified atom stereocenters. The monoisotopic (exact) mass is 383 g/mol. The summed E-state index contributed by atoms with van der Waals surface area (Å²) < 4.78 is 0. The van der Waals surface area contributed by atoms with Crippen LogP contribution in [0.15, 0.2) is 18.5 Å². The molecule has 7 heteroatoms. The molecule has 150 valence electrons. The summed E-state index contributed by atoms with van der Waals surface area (Å²) in [6, 6.07) is 1.81. The van der Waals surface area contributed by atoms with Gasteiger partial charge in [0.1, 0.15) is 0 Å². The summed E-state index contributed by atoms with van der Waals surface area (Å²) in [4.78, 5) is 39.1. The van der Waals surface area contributed by atoms with E-state index < -0.39 is 5.41 Å². The van der Waals surface area contributed by atoms with Crippen LogP contribution in [0.4, 0.5) is 5.95 Å². The van der Waals surface area contributed by atoms with Crippen molar-refractivity contribution in [2.24, 2.45) is 23.2 Å². The third-order valence-electron chi connectivity index (χ3n) is 6.96. The Morgan fingerprint density at radius 3 is 2.64 bits per heavy atom. The highest BCUT2D eigenvalue weighted by Gasteiger charge is 2.54. The lowest BCUT2D eigenvalue weighted by Crippen LogP contribution is -2.48. The average molecular weight is 383 g/mol. The second kappa shape index (κ2) is 7.01. The second-order valence-corrected chi connectivity index (χ2v) is 9.10. The van der Waals surface area contributed by atoms with Crippen LogP contribution in [0.1, 0.15) is 38.5 Å². The number of carbonyl (C=O) groups is 2. The Balaban J connectivity index is 1.39. The Hall–Kier alpha value is -2.18. The van der Waals surface area contributed by atoms with Gasteiger partial charge in [-0.25, -0.2) is 9.97 Å². The fourth-order valence-corrected chi connectivity index (χ4v) is 4.93. The van der Waals surface area contributed by atoms with E-state index in [0.29, 0.717) is 30.9 Å². The summed E-state index contributed by atoms with van der Waals surface area (Å²) in [5.41, 5.74) is -0.452. The molecule has 0 bridgehead atoms. The minimum Gasteiger partial charge on any atom is -0.355 e. The van der Waals surface area contributed by atoms with Crippen molar-refractivity contribution in [3.8, 4) is 0 Å². The fourth-order valence-electron chi connectivity index (χ4n) is 4.93. The Morgan fingerprint density at radius 1 is 1.14 bits per heavy atom. The maximum atomic E-state index is 13.4. The van der Waals surface area contributed by atoms with Crippen LogP contribution in [0.3, 0.4) is 0 Å². The van der Waals surface area contributed by atoms with Gasteiger partial charge >= 0.3 is 0 Å². The minimum absolute atomic E-state index is 0.126. The highest BCUT2D eigenvalue weighted by molar-refractivity contribution is 5.85. The molecule has 1 N–H and O–H groups in total. The van der Waals surface area contributed by atoms with E-state index in [1.165, 1.54) is 12.8 Å². The van der Waals surface area contributed by atoms with Gasteiger partial charge < -0.3 is 15.1 Å². The molecule has 4 aliphatic rings. The summed E-state index contributed by atoms with van der Waals surface area (Å²) in [5, 5.41) is 3.25. The second-order valence-electron chi connectivity index (χ2n) is 9.10. The number of nitrogens with one attached hydrogen (secondary N) is 1. The number of hydrogen-bond acceptors (Lipinski definition) is 5. The predicted molar refractivity (Wildman–Crippen MR) is 104 cm³/mol. The standard InChI is InChI=1S/C21H29N5O2/c27-18(16-5-6-16)25-10-1-7-21(19(28)24-11-15-3-4-15)14-26(13-17(21)12-25)20-22-8-2-9-23-20/h2,8-9,15-17H,1,3-7,10-14H2,(H,24,28)/t17-,21-/m0/s1. The van der Waals surface area contributed by atoms with Gasteiger partial charge in [0, 0.05) is 57.0 Å². The molecule has 1 aromatic rings. The molecule has 2 amide bonds. The molecule has 0 spiro atoms. The van der Waals surface area contributed by atoms with Crippen LogP contribution >= 0.6 is 0 Å². The number of likely N-dealkylation sites (tertiary alicyclic amines) is 1. The predicted octanol–water partition coefficient (Wildman–Crippen LogP) is 1.46. The van der Waals surface area contributed by atoms with Crippen LogP contribution in [0.2, 0.25) is 0 Å². The zero-order valence-electron chi connectivity index (χ0n) is 16.3. The zero-order chi connectivity index (χ0) is 19.1. The quantitative estimate of drug-likeness (QED) is 0.833. The van der Waals surface area contributed by atoms with Crippen molar-refractivity contribution >= 4 is 17.8 Å². The normalized spacial score (nSPS) is 29.9. The Kier molecular flexibility index (Phi) is 4.48. The molecule has 2 saturated heterocycles. The van der Waals surface area contributed by atoms with Crippen LogP contribution in [-0.2, 0) is 9.59 Å². The van der Waals surface area contributed by atoms with E-state index in [1.807, 2.05) is 11.0 Å². The highest BCUT2D eigenvalue weighted by Crippen LogP contribution is 2.45. The fraction of sp³-hybridized carbons (Fsp3) is 0.714. The number of anilines is 1. The van der Waals surface area contributed by atoms with Gasteiger partial charge in [0.25, 0.3) is 0 Å². The van der Waals surface area contributed by atoms with E-state index in [9.17, 15) is 9.59 Å². The van der Waals surface area contributed by atoms with Gasteiger partial charge in [-0.15, -0.1) is 0 Å². The lowest BCUT2D eigenvalue weighted by atomic mass is 9.74. The zero-order valence-corrected chi connectivity index (χ0v) is 16.3. The molecule has 5 rings (SSSR count). The number of aromatic nitrogens is 2. The molecule has 4 fully saturated rings. The molecule has 2 saturated carbocycles. The first-order chi connectivity index (χ1) is 13.7. The number of nitrogens with zero attached hydrogens (tertiary/aromatic N) is 4. The third kappa shape index (κ3) is 3.35. The van der Waals surface area contributed by atoms with Crippen molar-refractivity contribution in [2.75, 3.05) is 37.6 Å². The number of amides is 2. The third-order valence-corrected chi connectivity index (χ3v) is 6.96. The maximum Gasteiger partial charge on any atom is 0.228 e. The molecule has 7 nitrogen and oxygen atoms in total. The van der Waals surface area contributed by atoms with Crippen LogP contribution in [0, 0.1) is 23.2 Å². The van der Waals surface area contributed by atoms with E-state index >= 15 is 0 Å². The molecule has 0 aromatic carbocycles. The molecule has 2 aliphatic heterocycles. The maximum absolute atomic E-state index is 13.4. The van der Waals surface area contributed by atoms with Gasteiger partial charge in [-0.05, 0) is 50.5 Å². The number of rotatable bonds is 5. The molecule has 2 atom stereocenters.